The van der Waals surface area contributed by atoms with E-state index in [9.17, 15) is 37.1 Å². The van der Waals surface area contributed by atoms with Crippen LogP contribution in [0.4, 0.5) is 13.2 Å². The van der Waals surface area contributed by atoms with E-state index in [1.807, 2.05) is 0 Å². The number of carbonyl (C=O) groups is 5. The van der Waals surface area contributed by atoms with Crippen molar-refractivity contribution in [3.63, 3.8) is 0 Å². The van der Waals surface area contributed by atoms with Crippen molar-refractivity contribution in [1.29, 1.82) is 0 Å². The molecule has 1 N–H and O–H groups in total. The lowest BCUT2D eigenvalue weighted by atomic mass is 10.0. The Morgan fingerprint density at radius 2 is 1.67 bits per heavy atom. The summed E-state index contributed by atoms with van der Waals surface area (Å²) in [5.41, 5.74) is 0.147. The van der Waals surface area contributed by atoms with Crippen molar-refractivity contribution in [1.82, 2.24) is 20.0 Å². The molecule has 0 radical (unpaired) electrons. The SMILES string of the molecule is O=C1CCC(N2C(=O)c3ccc(OCCCN4CCN(C(=O)c5ccccc5OC(F)(F)F)CC4)cc3C2=O)C(=O)N1. The highest BCUT2D eigenvalue weighted by atomic mass is 19.4. The van der Waals surface area contributed by atoms with Gasteiger partial charge in [-0.15, -0.1) is 13.2 Å². The van der Waals surface area contributed by atoms with Crippen LogP contribution < -0.4 is 14.8 Å². The Hall–Kier alpha value is -4.46. The van der Waals surface area contributed by atoms with Crippen LogP contribution >= 0.6 is 0 Å². The number of para-hydroxylation sites is 1. The van der Waals surface area contributed by atoms with Gasteiger partial charge in [0.05, 0.1) is 23.3 Å². The summed E-state index contributed by atoms with van der Waals surface area (Å²) in [7, 11) is 0. The summed E-state index contributed by atoms with van der Waals surface area (Å²) in [6, 6.07) is 8.74. The second-order valence-corrected chi connectivity index (χ2v) is 10.0. The first-order valence-corrected chi connectivity index (χ1v) is 13.4. The molecular formula is C28H27F3N4O7. The maximum absolute atomic E-state index is 13.0. The van der Waals surface area contributed by atoms with E-state index >= 15 is 0 Å². The summed E-state index contributed by atoms with van der Waals surface area (Å²) < 4.78 is 47.9. The molecule has 0 saturated carbocycles. The van der Waals surface area contributed by atoms with Gasteiger partial charge in [-0.25, -0.2) is 0 Å². The number of halogens is 3. The van der Waals surface area contributed by atoms with Crippen LogP contribution in [0.15, 0.2) is 42.5 Å². The lowest BCUT2D eigenvalue weighted by molar-refractivity contribution is -0.274. The lowest BCUT2D eigenvalue weighted by Crippen LogP contribution is -2.54. The van der Waals surface area contributed by atoms with E-state index in [2.05, 4.69) is 15.0 Å². The molecule has 0 bridgehead atoms. The summed E-state index contributed by atoms with van der Waals surface area (Å²) in [6.45, 7) is 2.68. The van der Waals surface area contributed by atoms with E-state index < -0.39 is 47.7 Å². The molecule has 14 heteroatoms. The van der Waals surface area contributed by atoms with Gasteiger partial charge in [0, 0.05) is 39.1 Å². The number of rotatable bonds is 8. The number of piperazine rings is 1. The Kier molecular flexibility index (Phi) is 8.16. The van der Waals surface area contributed by atoms with Crippen molar-refractivity contribution in [2.75, 3.05) is 39.3 Å². The van der Waals surface area contributed by atoms with Crippen molar-refractivity contribution in [3.05, 3.63) is 59.2 Å². The van der Waals surface area contributed by atoms with Crippen LogP contribution in [0.25, 0.3) is 0 Å². The van der Waals surface area contributed by atoms with Crippen molar-refractivity contribution in [2.24, 2.45) is 0 Å². The third-order valence-corrected chi connectivity index (χ3v) is 7.30. The predicted molar refractivity (Wildman–Crippen MR) is 139 cm³/mol. The van der Waals surface area contributed by atoms with Gasteiger partial charge in [-0.3, -0.25) is 39.1 Å². The quantitative estimate of drug-likeness (QED) is 0.368. The molecule has 0 aliphatic carbocycles. The van der Waals surface area contributed by atoms with E-state index in [-0.39, 0.29) is 29.5 Å². The molecule has 1 atom stereocenters. The predicted octanol–water partition coefficient (Wildman–Crippen LogP) is 2.21. The van der Waals surface area contributed by atoms with Crippen molar-refractivity contribution >= 4 is 29.5 Å². The first kappa shape index (κ1) is 29.0. The number of imide groups is 2. The largest absolute Gasteiger partial charge is 0.573 e. The Labute approximate surface area is 238 Å². The van der Waals surface area contributed by atoms with E-state index in [1.165, 1.54) is 35.2 Å². The molecule has 5 amide bonds. The van der Waals surface area contributed by atoms with E-state index in [4.69, 9.17) is 4.74 Å². The second kappa shape index (κ2) is 11.8. The van der Waals surface area contributed by atoms with E-state index in [1.54, 1.807) is 6.07 Å². The Morgan fingerprint density at radius 3 is 2.38 bits per heavy atom. The highest BCUT2D eigenvalue weighted by Crippen LogP contribution is 2.31. The summed E-state index contributed by atoms with van der Waals surface area (Å²) in [4.78, 5) is 66.8. The number of amides is 5. The molecule has 3 aliphatic rings. The van der Waals surface area contributed by atoms with Gasteiger partial charge in [0.1, 0.15) is 17.5 Å². The number of nitrogens with one attached hydrogen (secondary N) is 1. The zero-order valence-corrected chi connectivity index (χ0v) is 22.3. The summed E-state index contributed by atoms with van der Waals surface area (Å²) in [5.74, 6) is -3.01. The van der Waals surface area contributed by atoms with Gasteiger partial charge in [-0.1, -0.05) is 12.1 Å². The molecule has 42 heavy (non-hydrogen) atoms. The fourth-order valence-corrected chi connectivity index (χ4v) is 5.22. The fraction of sp³-hybridized carbons (Fsp3) is 0.393. The number of hydrogen-bond donors (Lipinski definition) is 1. The maximum atomic E-state index is 13.0. The molecule has 2 aromatic rings. The molecule has 5 rings (SSSR count). The standard InChI is InChI=1S/C28H27F3N4O7/c29-28(30,31)42-22-5-2-1-4-19(22)25(38)34-13-11-33(12-14-34)10-3-15-41-17-6-7-18-20(16-17)27(40)35(26(18)39)21-8-9-23(36)32-24(21)37/h1-2,4-7,16,21H,3,8-15H2,(H,32,36,37). The average molecular weight is 589 g/mol. The number of piperidine rings is 1. The van der Waals surface area contributed by atoms with E-state index in [0.717, 1.165) is 11.0 Å². The number of hydrogen-bond acceptors (Lipinski definition) is 8. The number of alkyl halides is 3. The highest BCUT2D eigenvalue weighted by molar-refractivity contribution is 6.23. The molecule has 1 unspecified atom stereocenters. The molecule has 3 aliphatic heterocycles. The Morgan fingerprint density at radius 1 is 0.952 bits per heavy atom. The lowest BCUT2D eigenvalue weighted by Gasteiger charge is -2.35. The van der Waals surface area contributed by atoms with Gasteiger partial charge in [0.15, 0.2) is 0 Å². The molecule has 0 spiro atoms. The number of fused-ring (bicyclic) bond motifs is 1. The summed E-state index contributed by atoms with van der Waals surface area (Å²) >= 11 is 0. The molecule has 0 aromatic heterocycles. The van der Waals surface area contributed by atoms with Gasteiger partial charge >= 0.3 is 6.36 Å². The molecule has 2 fully saturated rings. The molecule has 222 valence electrons. The van der Waals surface area contributed by atoms with Crippen LogP contribution in [-0.2, 0) is 9.59 Å². The number of nitrogens with zero attached hydrogens (tertiary/aromatic N) is 3. The highest BCUT2D eigenvalue weighted by Gasteiger charge is 2.44. The minimum absolute atomic E-state index is 0.0361. The summed E-state index contributed by atoms with van der Waals surface area (Å²) in [5, 5.41) is 2.16. The van der Waals surface area contributed by atoms with Gasteiger partial charge < -0.3 is 14.4 Å². The second-order valence-electron chi connectivity index (χ2n) is 10.0. The van der Waals surface area contributed by atoms with Gasteiger partial charge in [-0.2, -0.15) is 0 Å². The third-order valence-electron chi connectivity index (χ3n) is 7.30. The van der Waals surface area contributed by atoms with Gasteiger partial charge in [-0.05, 0) is 43.2 Å². The zero-order chi connectivity index (χ0) is 30.0. The van der Waals surface area contributed by atoms with Crippen LogP contribution in [0.3, 0.4) is 0 Å². The maximum Gasteiger partial charge on any atom is 0.573 e. The smallest absolute Gasteiger partial charge is 0.494 e. The van der Waals surface area contributed by atoms with Gasteiger partial charge in [0.2, 0.25) is 11.8 Å². The number of ether oxygens (including phenoxy) is 2. The number of benzene rings is 2. The van der Waals surface area contributed by atoms with Crippen LogP contribution in [0.2, 0.25) is 0 Å². The molecular weight excluding hydrogens is 561 g/mol. The van der Waals surface area contributed by atoms with Crippen LogP contribution in [0.1, 0.15) is 50.3 Å². The number of carbonyl (C=O) groups excluding carboxylic acids is 5. The first-order valence-electron chi connectivity index (χ1n) is 13.4. The van der Waals surface area contributed by atoms with Gasteiger partial charge in [0.25, 0.3) is 17.7 Å². The molecule has 2 saturated heterocycles. The Balaban J connectivity index is 1.09. The minimum Gasteiger partial charge on any atom is -0.494 e. The van der Waals surface area contributed by atoms with Crippen molar-refractivity contribution < 1.29 is 46.6 Å². The minimum atomic E-state index is -4.90. The van der Waals surface area contributed by atoms with Crippen LogP contribution in [-0.4, -0.2) is 96.0 Å². The molecule has 11 nitrogen and oxygen atoms in total. The van der Waals surface area contributed by atoms with E-state index in [0.29, 0.717) is 51.5 Å². The molecule has 3 heterocycles. The Bertz CT molecular complexity index is 1420. The fourth-order valence-electron chi connectivity index (χ4n) is 5.22. The molecule has 2 aromatic carbocycles. The topological polar surface area (TPSA) is 126 Å². The summed E-state index contributed by atoms with van der Waals surface area (Å²) in [6.07, 6.45) is -4.18. The van der Waals surface area contributed by atoms with Crippen molar-refractivity contribution in [3.8, 4) is 11.5 Å². The average Bonchev–Trinajstić information content (AvgIpc) is 3.19. The van der Waals surface area contributed by atoms with Crippen LogP contribution in [0, 0.1) is 0 Å². The third kappa shape index (κ3) is 6.22. The monoisotopic (exact) mass is 588 g/mol. The zero-order valence-electron chi connectivity index (χ0n) is 22.3. The first-order chi connectivity index (χ1) is 20.0. The normalized spacial score (nSPS) is 19.5. The van der Waals surface area contributed by atoms with Crippen molar-refractivity contribution in [2.45, 2.75) is 31.7 Å². The van der Waals surface area contributed by atoms with Crippen LogP contribution in [0.5, 0.6) is 11.5 Å².